The predicted molar refractivity (Wildman–Crippen MR) is 106 cm³/mol. The highest BCUT2D eigenvalue weighted by atomic mass is 127. The van der Waals surface area contributed by atoms with E-state index >= 15 is 0 Å². The lowest BCUT2D eigenvalue weighted by molar-refractivity contribution is -0.0945. The molecule has 24 heavy (non-hydrogen) atoms. The Balaban J connectivity index is 0.00000208. The Morgan fingerprint density at radius 2 is 1.96 bits per heavy atom. The maximum atomic E-state index is 5.73. The Morgan fingerprint density at radius 1 is 1.21 bits per heavy atom. The standard InChI is InChI=1S/C17H25N3O3.HI/c1-3-18-16(19-10-17(2)11-21-12-17)20-13-5-6-14-15(9-13)23-8-4-7-22-14;/h5-6,9H,3-4,7-8,10-12H2,1-2H3,(H2,18,19,20);1H. The highest BCUT2D eigenvalue weighted by molar-refractivity contribution is 14.0. The lowest BCUT2D eigenvalue weighted by Crippen LogP contribution is -2.43. The fourth-order valence-electron chi connectivity index (χ4n) is 2.50. The van der Waals surface area contributed by atoms with Gasteiger partial charge in [-0.1, -0.05) is 6.92 Å². The number of ether oxygens (including phenoxy) is 3. The van der Waals surface area contributed by atoms with Gasteiger partial charge in [-0.25, -0.2) is 0 Å². The van der Waals surface area contributed by atoms with E-state index in [9.17, 15) is 0 Å². The second kappa shape index (κ2) is 8.75. The first-order valence-electron chi connectivity index (χ1n) is 8.21. The summed E-state index contributed by atoms with van der Waals surface area (Å²) in [6.45, 7) is 8.74. The molecule has 0 amide bonds. The van der Waals surface area contributed by atoms with E-state index in [2.05, 4.69) is 29.5 Å². The Bertz CT molecular complexity index is 576. The van der Waals surface area contributed by atoms with Crippen LogP contribution in [-0.2, 0) is 4.74 Å². The molecule has 0 unspecified atom stereocenters. The second-order valence-electron chi connectivity index (χ2n) is 6.34. The number of fused-ring (bicyclic) bond motifs is 1. The van der Waals surface area contributed by atoms with Gasteiger partial charge < -0.3 is 24.8 Å². The molecule has 7 heteroatoms. The van der Waals surface area contributed by atoms with Crippen LogP contribution in [0.4, 0.5) is 5.69 Å². The highest BCUT2D eigenvalue weighted by Gasteiger charge is 2.33. The monoisotopic (exact) mass is 447 g/mol. The fraction of sp³-hybridized carbons (Fsp3) is 0.588. The number of hydrogen-bond acceptors (Lipinski definition) is 4. The first-order valence-corrected chi connectivity index (χ1v) is 8.21. The minimum Gasteiger partial charge on any atom is -0.490 e. The van der Waals surface area contributed by atoms with Gasteiger partial charge in [0, 0.05) is 30.1 Å². The summed E-state index contributed by atoms with van der Waals surface area (Å²) < 4.78 is 16.7. The topological polar surface area (TPSA) is 64.1 Å². The molecular weight excluding hydrogens is 421 g/mol. The molecule has 2 heterocycles. The molecule has 0 aliphatic carbocycles. The molecule has 1 fully saturated rings. The highest BCUT2D eigenvalue weighted by Crippen LogP contribution is 2.32. The van der Waals surface area contributed by atoms with E-state index in [-0.39, 0.29) is 29.4 Å². The quantitative estimate of drug-likeness (QED) is 0.422. The van der Waals surface area contributed by atoms with Crippen LogP contribution in [0, 0.1) is 5.41 Å². The number of nitrogens with zero attached hydrogens (tertiary/aromatic N) is 1. The Kier molecular flexibility index (Phi) is 6.97. The van der Waals surface area contributed by atoms with Crippen molar-refractivity contribution in [1.82, 2.24) is 5.32 Å². The first kappa shape index (κ1) is 19.1. The van der Waals surface area contributed by atoms with E-state index in [1.165, 1.54) is 0 Å². The van der Waals surface area contributed by atoms with Crippen LogP contribution >= 0.6 is 24.0 Å². The van der Waals surface area contributed by atoms with E-state index in [0.29, 0.717) is 13.2 Å². The minimum atomic E-state index is 0. The number of guanidine groups is 1. The molecule has 0 spiro atoms. The van der Waals surface area contributed by atoms with Gasteiger partial charge in [-0.2, -0.15) is 0 Å². The van der Waals surface area contributed by atoms with Gasteiger partial charge >= 0.3 is 0 Å². The lowest BCUT2D eigenvalue weighted by atomic mass is 9.89. The van der Waals surface area contributed by atoms with Crippen molar-refractivity contribution in [3.05, 3.63) is 18.2 Å². The molecule has 0 aromatic heterocycles. The maximum absolute atomic E-state index is 5.73. The smallest absolute Gasteiger partial charge is 0.195 e. The van der Waals surface area contributed by atoms with E-state index < -0.39 is 0 Å². The van der Waals surface area contributed by atoms with Gasteiger partial charge in [0.25, 0.3) is 0 Å². The molecule has 3 rings (SSSR count). The molecular formula is C17H26IN3O3. The molecule has 1 aromatic rings. The van der Waals surface area contributed by atoms with Crippen molar-refractivity contribution < 1.29 is 14.2 Å². The summed E-state index contributed by atoms with van der Waals surface area (Å²) in [6, 6.07) is 5.88. The van der Waals surface area contributed by atoms with Crippen LogP contribution in [0.25, 0.3) is 0 Å². The number of halogens is 1. The Morgan fingerprint density at radius 3 is 2.62 bits per heavy atom. The van der Waals surface area contributed by atoms with Crippen molar-refractivity contribution in [1.29, 1.82) is 0 Å². The van der Waals surface area contributed by atoms with Crippen LogP contribution < -0.4 is 20.1 Å². The average Bonchev–Trinajstić information content (AvgIpc) is 2.76. The SMILES string of the molecule is CCNC(=NCC1(C)COC1)Nc1ccc2c(c1)OCCCO2.I. The lowest BCUT2D eigenvalue weighted by Gasteiger charge is -2.36. The zero-order valence-corrected chi connectivity index (χ0v) is 16.6. The van der Waals surface area contributed by atoms with Gasteiger partial charge in [0.2, 0.25) is 0 Å². The molecule has 0 bridgehead atoms. The van der Waals surface area contributed by atoms with E-state index in [4.69, 9.17) is 14.2 Å². The molecule has 2 aliphatic heterocycles. The zero-order valence-electron chi connectivity index (χ0n) is 14.3. The van der Waals surface area contributed by atoms with Gasteiger partial charge in [0.1, 0.15) is 0 Å². The summed E-state index contributed by atoms with van der Waals surface area (Å²) in [7, 11) is 0. The third-order valence-electron chi connectivity index (χ3n) is 3.87. The zero-order chi connectivity index (χ0) is 16.1. The van der Waals surface area contributed by atoms with Crippen molar-refractivity contribution in [3.8, 4) is 11.5 Å². The van der Waals surface area contributed by atoms with Crippen molar-refractivity contribution in [2.45, 2.75) is 20.3 Å². The summed E-state index contributed by atoms with van der Waals surface area (Å²) in [6.07, 6.45) is 0.905. The van der Waals surface area contributed by atoms with Gasteiger partial charge in [-0.3, -0.25) is 4.99 Å². The fourth-order valence-corrected chi connectivity index (χ4v) is 2.50. The minimum absolute atomic E-state index is 0. The van der Waals surface area contributed by atoms with Crippen LogP contribution in [0.3, 0.4) is 0 Å². The van der Waals surface area contributed by atoms with Crippen molar-refractivity contribution in [2.75, 3.05) is 44.8 Å². The average molecular weight is 447 g/mol. The third kappa shape index (κ3) is 4.89. The molecule has 0 saturated carbocycles. The molecule has 6 nitrogen and oxygen atoms in total. The number of rotatable bonds is 4. The Hall–Kier alpha value is -1.22. The largest absolute Gasteiger partial charge is 0.490 e. The van der Waals surface area contributed by atoms with Gasteiger partial charge in [0.05, 0.1) is 33.0 Å². The van der Waals surface area contributed by atoms with Crippen LogP contribution in [0.5, 0.6) is 11.5 Å². The van der Waals surface area contributed by atoms with E-state index in [1.807, 2.05) is 18.2 Å². The van der Waals surface area contributed by atoms with Crippen LogP contribution in [0.2, 0.25) is 0 Å². The van der Waals surface area contributed by atoms with Crippen molar-refractivity contribution in [3.63, 3.8) is 0 Å². The number of aliphatic imine (C=N–C) groups is 1. The van der Waals surface area contributed by atoms with Crippen LogP contribution in [0.15, 0.2) is 23.2 Å². The van der Waals surface area contributed by atoms with Crippen molar-refractivity contribution in [2.24, 2.45) is 10.4 Å². The maximum Gasteiger partial charge on any atom is 0.195 e. The van der Waals surface area contributed by atoms with E-state index in [0.717, 1.165) is 55.9 Å². The third-order valence-corrected chi connectivity index (χ3v) is 3.87. The summed E-state index contributed by atoms with van der Waals surface area (Å²) in [5.41, 5.74) is 1.09. The van der Waals surface area contributed by atoms with Gasteiger partial charge in [0.15, 0.2) is 17.5 Å². The second-order valence-corrected chi connectivity index (χ2v) is 6.34. The first-order chi connectivity index (χ1) is 11.2. The summed E-state index contributed by atoms with van der Waals surface area (Å²) in [4.78, 5) is 4.68. The normalized spacial score (nSPS) is 18.7. The van der Waals surface area contributed by atoms with Crippen LogP contribution in [0.1, 0.15) is 20.3 Å². The number of anilines is 1. The van der Waals surface area contributed by atoms with E-state index in [1.54, 1.807) is 0 Å². The number of benzene rings is 1. The number of nitrogens with one attached hydrogen (secondary N) is 2. The Labute approximate surface area is 160 Å². The summed E-state index contributed by atoms with van der Waals surface area (Å²) >= 11 is 0. The number of hydrogen-bond donors (Lipinski definition) is 2. The molecule has 0 radical (unpaired) electrons. The van der Waals surface area contributed by atoms with Gasteiger partial charge in [-0.05, 0) is 19.1 Å². The molecule has 2 aliphatic rings. The summed E-state index contributed by atoms with van der Waals surface area (Å²) in [5.74, 6) is 2.35. The molecule has 2 N–H and O–H groups in total. The molecule has 1 saturated heterocycles. The van der Waals surface area contributed by atoms with Crippen molar-refractivity contribution >= 4 is 35.6 Å². The summed E-state index contributed by atoms with van der Waals surface area (Å²) in [5, 5.41) is 6.60. The molecule has 0 atom stereocenters. The van der Waals surface area contributed by atoms with Gasteiger partial charge in [-0.15, -0.1) is 24.0 Å². The molecule has 1 aromatic carbocycles. The van der Waals surface area contributed by atoms with Crippen LogP contribution in [-0.4, -0.2) is 45.5 Å². The predicted octanol–water partition coefficient (Wildman–Crippen LogP) is 2.88. The molecule has 134 valence electrons.